The van der Waals surface area contributed by atoms with E-state index in [9.17, 15) is 14.4 Å². The number of likely N-dealkylation sites (tertiary alicyclic amines) is 1. The van der Waals surface area contributed by atoms with E-state index in [1.165, 1.54) is 0 Å². The number of benzene rings is 1. The van der Waals surface area contributed by atoms with E-state index in [-0.39, 0.29) is 29.7 Å². The molecule has 1 aliphatic rings. The summed E-state index contributed by atoms with van der Waals surface area (Å²) in [5.74, 6) is 0.222. The van der Waals surface area contributed by atoms with Gasteiger partial charge in [-0.25, -0.2) is 0 Å². The molecule has 3 amide bonds. The van der Waals surface area contributed by atoms with Crippen LogP contribution in [0.2, 0.25) is 0 Å². The fourth-order valence-electron chi connectivity index (χ4n) is 3.53. The summed E-state index contributed by atoms with van der Waals surface area (Å²) in [6.45, 7) is 7.02. The van der Waals surface area contributed by atoms with Crippen molar-refractivity contribution >= 4 is 17.7 Å². The van der Waals surface area contributed by atoms with Crippen LogP contribution >= 0.6 is 0 Å². The van der Waals surface area contributed by atoms with Crippen molar-refractivity contribution < 1.29 is 19.1 Å². The summed E-state index contributed by atoms with van der Waals surface area (Å²) in [6, 6.07) is 6.26. The maximum atomic E-state index is 12.9. The Bertz CT molecular complexity index is 714. The third-order valence-electron chi connectivity index (χ3n) is 5.57. The monoisotopic (exact) mass is 403 g/mol. The van der Waals surface area contributed by atoms with Gasteiger partial charge in [0, 0.05) is 31.1 Å². The van der Waals surface area contributed by atoms with Gasteiger partial charge in [-0.2, -0.15) is 0 Å². The number of nitrogens with one attached hydrogen (secondary N) is 2. The average molecular weight is 404 g/mol. The van der Waals surface area contributed by atoms with Crippen molar-refractivity contribution in [3.8, 4) is 5.75 Å². The summed E-state index contributed by atoms with van der Waals surface area (Å²) in [5.41, 5.74) is 0.448. The second-order valence-corrected chi connectivity index (χ2v) is 7.57. The van der Waals surface area contributed by atoms with E-state index in [0.717, 1.165) is 6.42 Å². The number of carbonyl (C=O) groups is 3. The molecular weight excluding hydrogens is 370 g/mol. The van der Waals surface area contributed by atoms with Crippen molar-refractivity contribution in [2.75, 3.05) is 20.2 Å². The minimum Gasteiger partial charge on any atom is -0.497 e. The van der Waals surface area contributed by atoms with E-state index in [1.807, 2.05) is 25.7 Å². The zero-order valence-corrected chi connectivity index (χ0v) is 17.9. The fraction of sp³-hybridized carbons (Fsp3) is 0.591. The Morgan fingerprint density at radius 3 is 2.45 bits per heavy atom. The Kier molecular flexibility index (Phi) is 8.49. The summed E-state index contributed by atoms with van der Waals surface area (Å²) >= 11 is 0. The van der Waals surface area contributed by atoms with Crippen molar-refractivity contribution in [1.82, 2.24) is 15.5 Å². The Morgan fingerprint density at radius 2 is 1.86 bits per heavy atom. The van der Waals surface area contributed by atoms with E-state index in [0.29, 0.717) is 43.7 Å². The molecule has 29 heavy (non-hydrogen) atoms. The maximum absolute atomic E-state index is 12.9. The first kappa shape index (κ1) is 22.7. The molecule has 1 saturated heterocycles. The van der Waals surface area contributed by atoms with Crippen molar-refractivity contribution in [3.63, 3.8) is 0 Å². The fourth-order valence-corrected chi connectivity index (χ4v) is 3.53. The molecule has 7 nitrogen and oxygen atoms in total. The normalized spacial score (nSPS) is 16.6. The van der Waals surface area contributed by atoms with Crippen molar-refractivity contribution in [3.05, 3.63) is 29.8 Å². The SMILES string of the molecule is CCC(=O)N1CCC([C@@H](NC(=O)c2cccc(OC)c2)C(=O)N[C@H](C)CC)CC1. The Hall–Kier alpha value is -2.57. The van der Waals surface area contributed by atoms with Gasteiger partial charge in [0.1, 0.15) is 11.8 Å². The van der Waals surface area contributed by atoms with Crippen LogP contribution in [0.4, 0.5) is 0 Å². The topological polar surface area (TPSA) is 87.7 Å². The Labute approximate surface area is 173 Å². The molecule has 0 spiro atoms. The number of nitrogens with zero attached hydrogens (tertiary/aromatic N) is 1. The van der Waals surface area contributed by atoms with E-state index in [4.69, 9.17) is 4.74 Å². The lowest BCUT2D eigenvalue weighted by Gasteiger charge is -2.36. The second kappa shape index (κ2) is 10.8. The van der Waals surface area contributed by atoms with E-state index in [1.54, 1.807) is 31.4 Å². The van der Waals surface area contributed by atoms with Crippen LogP contribution in [0.15, 0.2) is 24.3 Å². The maximum Gasteiger partial charge on any atom is 0.252 e. The van der Waals surface area contributed by atoms with Gasteiger partial charge in [0.05, 0.1) is 7.11 Å². The van der Waals surface area contributed by atoms with Gasteiger partial charge in [0.15, 0.2) is 0 Å². The average Bonchev–Trinajstić information content (AvgIpc) is 2.76. The van der Waals surface area contributed by atoms with Crippen LogP contribution in [0.1, 0.15) is 56.8 Å². The predicted octanol–water partition coefficient (Wildman–Crippen LogP) is 2.36. The summed E-state index contributed by atoms with van der Waals surface area (Å²) in [7, 11) is 1.55. The predicted molar refractivity (Wildman–Crippen MR) is 112 cm³/mol. The number of rotatable bonds is 8. The van der Waals surface area contributed by atoms with Gasteiger partial charge in [-0.3, -0.25) is 14.4 Å². The first-order chi connectivity index (χ1) is 13.9. The summed E-state index contributed by atoms with van der Waals surface area (Å²) in [6.07, 6.45) is 2.66. The lowest BCUT2D eigenvalue weighted by atomic mass is 9.88. The van der Waals surface area contributed by atoms with Gasteiger partial charge in [-0.05, 0) is 50.3 Å². The minimum atomic E-state index is -0.637. The molecule has 1 aromatic rings. The van der Waals surface area contributed by atoms with Gasteiger partial charge in [0.2, 0.25) is 11.8 Å². The number of amides is 3. The number of piperidine rings is 1. The standard InChI is InChI=1S/C22H33N3O4/c1-5-15(3)23-22(28)20(16-10-12-25(13-11-16)19(26)6-2)24-21(27)17-8-7-9-18(14-17)29-4/h7-9,14-16,20H,5-6,10-13H2,1-4H3,(H,23,28)(H,24,27)/t15-,20-/m1/s1. The van der Waals surface area contributed by atoms with E-state index >= 15 is 0 Å². The van der Waals surface area contributed by atoms with Gasteiger partial charge in [0.25, 0.3) is 5.91 Å². The zero-order valence-electron chi connectivity index (χ0n) is 17.9. The lowest BCUT2D eigenvalue weighted by Crippen LogP contribution is -2.55. The Morgan fingerprint density at radius 1 is 1.17 bits per heavy atom. The van der Waals surface area contributed by atoms with Crippen molar-refractivity contribution in [1.29, 1.82) is 0 Å². The molecule has 1 aromatic carbocycles. The van der Waals surface area contributed by atoms with Crippen LogP contribution < -0.4 is 15.4 Å². The minimum absolute atomic E-state index is 0.0190. The van der Waals surface area contributed by atoms with Crippen molar-refractivity contribution in [2.45, 2.75) is 58.5 Å². The van der Waals surface area contributed by atoms with E-state index in [2.05, 4.69) is 10.6 Å². The largest absolute Gasteiger partial charge is 0.497 e. The number of ether oxygens (including phenoxy) is 1. The van der Waals surface area contributed by atoms with Crippen LogP contribution in [-0.2, 0) is 9.59 Å². The number of hydrogen-bond acceptors (Lipinski definition) is 4. The Balaban J connectivity index is 2.13. The number of methoxy groups -OCH3 is 1. The van der Waals surface area contributed by atoms with Crippen LogP contribution in [0, 0.1) is 5.92 Å². The molecule has 0 unspecified atom stereocenters. The van der Waals surface area contributed by atoms with Crippen LogP contribution in [0.25, 0.3) is 0 Å². The molecule has 2 atom stereocenters. The third kappa shape index (κ3) is 6.21. The van der Waals surface area contributed by atoms with E-state index < -0.39 is 6.04 Å². The second-order valence-electron chi connectivity index (χ2n) is 7.57. The summed E-state index contributed by atoms with van der Waals surface area (Å²) < 4.78 is 5.19. The highest BCUT2D eigenvalue weighted by molar-refractivity contribution is 5.98. The molecule has 1 heterocycles. The smallest absolute Gasteiger partial charge is 0.252 e. The lowest BCUT2D eigenvalue weighted by molar-refractivity contribution is -0.132. The summed E-state index contributed by atoms with van der Waals surface area (Å²) in [5, 5.41) is 5.92. The molecule has 0 saturated carbocycles. The molecule has 7 heteroatoms. The molecule has 1 aliphatic heterocycles. The van der Waals surface area contributed by atoms with Crippen LogP contribution in [0.3, 0.4) is 0 Å². The molecule has 160 valence electrons. The van der Waals surface area contributed by atoms with Crippen LogP contribution in [-0.4, -0.2) is 54.9 Å². The first-order valence-electron chi connectivity index (χ1n) is 10.4. The molecule has 2 N–H and O–H groups in total. The number of carbonyl (C=O) groups excluding carboxylic acids is 3. The summed E-state index contributed by atoms with van der Waals surface area (Å²) in [4.78, 5) is 39.6. The highest BCUT2D eigenvalue weighted by Crippen LogP contribution is 2.22. The third-order valence-corrected chi connectivity index (χ3v) is 5.57. The molecular formula is C22H33N3O4. The molecule has 0 aliphatic carbocycles. The van der Waals surface area contributed by atoms with Gasteiger partial charge in [-0.15, -0.1) is 0 Å². The quantitative estimate of drug-likeness (QED) is 0.698. The van der Waals surface area contributed by atoms with Gasteiger partial charge in [-0.1, -0.05) is 19.9 Å². The number of hydrogen-bond donors (Lipinski definition) is 2. The van der Waals surface area contributed by atoms with Gasteiger partial charge >= 0.3 is 0 Å². The molecule has 0 aromatic heterocycles. The zero-order chi connectivity index (χ0) is 21.4. The highest BCUT2D eigenvalue weighted by atomic mass is 16.5. The van der Waals surface area contributed by atoms with Crippen molar-refractivity contribution in [2.24, 2.45) is 5.92 Å². The first-order valence-corrected chi connectivity index (χ1v) is 10.4. The van der Waals surface area contributed by atoms with Gasteiger partial charge < -0.3 is 20.3 Å². The molecule has 0 bridgehead atoms. The molecule has 2 rings (SSSR count). The molecule has 0 radical (unpaired) electrons. The highest BCUT2D eigenvalue weighted by Gasteiger charge is 2.34. The van der Waals surface area contributed by atoms with Crippen LogP contribution in [0.5, 0.6) is 5.75 Å². The molecule has 1 fully saturated rings.